The summed E-state index contributed by atoms with van der Waals surface area (Å²) >= 11 is 0. The van der Waals surface area contributed by atoms with Gasteiger partial charge in [-0.3, -0.25) is 0 Å². The Bertz CT molecular complexity index is 4110. The zero-order valence-corrected chi connectivity index (χ0v) is 33.8. The molecule has 284 valence electrons. The standard InChI is InChI=1S/C62H36/c1-3-15-38(16-4-1)56-55-36-54-48-22-10-9-21-47(48)50-25-13-26-51(59(50)54)60(55)57(39-17-5-2-6-18-39)62-53-33-32-46(49-24-12-27-52(58(49)53)61(56)62)43-31-29-40-34-42(30-28-41(40)35-43)45-23-11-19-37-14-7-8-20-44(37)45/h1-36H. The third-order valence-corrected chi connectivity index (χ3v) is 13.9. The van der Waals surface area contributed by atoms with Crippen molar-refractivity contribution in [3.63, 3.8) is 0 Å². The Kier molecular flexibility index (Phi) is 6.92. The lowest BCUT2D eigenvalue weighted by molar-refractivity contribution is 1.67. The number of hydrogen-bond donors (Lipinski definition) is 0. The van der Waals surface area contributed by atoms with Crippen LogP contribution in [-0.4, -0.2) is 0 Å². The molecule has 0 radical (unpaired) electrons. The van der Waals surface area contributed by atoms with Crippen molar-refractivity contribution in [2.45, 2.75) is 0 Å². The molecule has 0 aliphatic carbocycles. The highest BCUT2D eigenvalue weighted by molar-refractivity contribution is 6.45. The SMILES string of the molecule is c1ccc(-c2c3cc4c5ccccc5c5cccc(c3c(-c3ccccc3)c3c6ccc(-c7ccc8cc(-c9cccc%10ccccc9%10)ccc8c7)c7cccc(c23)c76)c54)cc1. The molecule has 0 unspecified atom stereocenters. The number of rotatable bonds is 4. The van der Waals surface area contributed by atoms with E-state index in [1.165, 1.54) is 141 Å². The first-order chi connectivity index (χ1) is 30.8. The van der Waals surface area contributed by atoms with E-state index in [4.69, 9.17) is 0 Å². The summed E-state index contributed by atoms with van der Waals surface area (Å²) in [6, 6.07) is 81.7. The predicted octanol–water partition coefficient (Wildman–Crippen LogP) is 17.6. The monoisotopic (exact) mass is 780 g/mol. The van der Waals surface area contributed by atoms with E-state index in [9.17, 15) is 0 Å². The molecule has 62 heavy (non-hydrogen) atoms. The molecule has 0 amide bonds. The van der Waals surface area contributed by atoms with Crippen LogP contribution in [0.4, 0.5) is 0 Å². The highest BCUT2D eigenvalue weighted by Crippen LogP contribution is 2.55. The molecule has 0 nitrogen and oxygen atoms in total. The van der Waals surface area contributed by atoms with E-state index in [-0.39, 0.29) is 0 Å². The molecule has 14 rings (SSSR count). The molecule has 0 fully saturated rings. The first-order valence-electron chi connectivity index (χ1n) is 21.7. The van der Waals surface area contributed by atoms with Gasteiger partial charge in [-0.1, -0.05) is 200 Å². The second-order valence-corrected chi connectivity index (χ2v) is 17.0. The van der Waals surface area contributed by atoms with Crippen LogP contribution in [0, 0.1) is 0 Å². The first-order valence-corrected chi connectivity index (χ1v) is 21.7. The molecule has 0 bridgehead atoms. The molecule has 0 heterocycles. The van der Waals surface area contributed by atoms with Crippen molar-refractivity contribution in [2.24, 2.45) is 0 Å². The predicted molar refractivity (Wildman–Crippen MR) is 268 cm³/mol. The van der Waals surface area contributed by atoms with Crippen molar-refractivity contribution < 1.29 is 0 Å². The third kappa shape index (κ3) is 4.61. The fourth-order valence-electron chi connectivity index (χ4n) is 11.3. The van der Waals surface area contributed by atoms with Gasteiger partial charge in [-0.2, -0.15) is 0 Å². The van der Waals surface area contributed by atoms with E-state index in [2.05, 4.69) is 218 Å². The Hall–Kier alpha value is -8.06. The van der Waals surface area contributed by atoms with Gasteiger partial charge in [0, 0.05) is 0 Å². The Morgan fingerprint density at radius 3 is 1.39 bits per heavy atom. The minimum absolute atomic E-state index is 1.23. The summed E-state index contributed by atoms with van der Waals surface area (Å²) in [5.41, 5.74) is 10.1. The van der Waals surface area contributed by atoms with Crippen LogP contribution in [0.15, 0.2) is 218 Å². The van der Waals surface area contributed by atoms with Crippen LogP contribution in [0.5, 0.6) is 0 Å². The average Bonchev–Trinajstić information content (AvgIpc) is 3.85. The second kappa shape index (κ2) is 12.7. The number of benzene rings is 12. The quantitative estimate of drug-likeness (QED) is 0.156. The van der Waals surface area contributed by atoms with Gasteiger partial charge in [0.15, 0.2) is 0 Å². The smallest absolute Gasteiger partial charge is 0.000719 e. The van der Waals surface area contributed by atoms with Crippen LogP contribution in [-0.2, 0) is 0 Å². The van der Waals surface area contributed by atoms with Crippen LogP contribution in [0.25, 0.3) is 141 Å². The van der Waals surface area contributed by atoms with Crippen molar-refractivity contribution in [1.82, 2.24) is 0 Å². The molecular formula is C62H36. The van der Waals surface area contributed by atoms with Crippen molar-refractivity contribution >= 4 is 97.0 Å². The first kappa shape index (κ1) is 33.7. The lowest BCUT2D eigenvalue weighted by Gasteiger charge is -2.19. The molecule has 0 spiro atoms. The minimum Gasteiger partial charge on any atom is -0.0622 e. The number of fused-ring (bicyclic) bond motifs is 10. The lowest BCUT2D eigenvalue weighted by Crippen LogP contribution is -1.91. The average molecular weight is 781 g/mol. The van der Waals surface area contributed by atoms with E-state index < -0.39 is 0 Å². The molecule has 0 aromatic heterocycles. The molecule has 0 aliphatic rings. The van der Waals surface area contributed by atoms with Gasteiger partial charge in [-0.15, -0.1) is 0 Å². The Morgan fingerprint density at radius 1 is 0.177 bits per heavy atom. The van der Waals surface area contributed by atoms with E-state index in [0.29, 0.717) is 0 Å². The summed E-state index contributed by atoms with van der Waals surface area (Å²) in [6.07, 6.45) is 0. The van der Waals surface area contributed by atoms with E-state index in [1.54, 1.807) is 0 Å². The lowest BCUT2D eigenvalue weighted by atomic mass is 9.84. The maximum atomic E-state index is 2.53. The van der Waals surface area contributed by atoms with Gasteiger partial charge in [0.05, 0.1) is 0 Å². The van der Waals surface area contributed by atoms with Crippen LogP contribution < -0.4 is 0 Å². The largest absolute Gasteiger partial charge is 0.0622 e. The highest BCUT2D eigenvalue weighted by Gasteiger charge is 2.27. The molecular weight excluding hydrogens is 745 g/mol. The van der Waals surface area contributed by atoms with Crippen LogP contribution >= 0.6 is 0 Å². The Morgan fingerprint density at radius 2 is 0.661 bits per heavy atom. The summed E-state index contributed by atoms with van der Waals surface area (Å²) < 4.78 is 0. The molecule has 0 atom stereocenters. The van der Waals surface area contributed by atoms with Gasteiger partial charge in [0.1, 0.15) is 0 Å². The molecule has 0 saturated carbocycles. The van der Waals surface area contributed by atoms with E-state index >= 15 is 0 Å². The molecule has 14 aromatic carbocycles. The van der Waals surface area contributed by atoms with E-state index in [0.717, 1.165) is 0 Å². The van der Waals surface area contributed by atoms with Crippen molar-refractivity contribution in [2.75, 3.05) is 0 Å². The van der Waals surface area contributed by atoms with Gasteiger partial charge < -0.3 is 0 Å². The summed E-state index contributed by atoms with van der Waals surface area (Å²) in [5.74, 6) is 0. The van der Waals surface area contributed by atoms with Crippen molar-refractivity contribution in [3.05, 3.63) is 218 Å². The van der Waals surface area contributed by atoms with Gasteiger partial charge in [-0.25, -0.2) is 0 Å². The van der Waals surface area contributed by atoms with E-state index in [1.807, 2.05) is 0 Å². The third-order valence-electron chi connectivity index (χ3n) is 13.9. The maximum absolute atomic E-state index is 2.53. The van der Waals surface area contributed by atoms with Crippen molar-refractivity contribution in [3.8, 4) is 44.5 Å². The Balaban J connectivity index is 1.09. The van der Waals surface area contributed by atoms with Crippen LogP contribution in [0.1, 0.15) is 0 Å². The normalized spacial score (nSPS) is 12.2. The fraction of sp³-hybridized carbons (Fsp3) is 0. The van der Waals surface area contributed by atoms with Crippen LogP contribution in [0.3, 0.4) is 0 Å². The topological polar surface area (TPSA) is 0 Å². The molecule has 0 saturated heterocycles. The number of hydrogen-bond acceptors (Lipinski definition) is 0. The summed E-state index contributed by atoms with van der Waals surface area (Å²) in [6.45, 7) is 0. The molecule has 0 N–H and O–H groups in total. The van der Waals surface area contributed by atoms with Gasteiger partial charge in [-0.05, 0) is 160 Å². The second-order valence-electron chi connectivity index (χ2n) is 17.0. The van der Waals surface area contributed by atoms with Gasteiger partial charge in [0.2, 0.25) is 0 Å². The zero-order chi connectivity index (χ0) is 40.5. The van der Waals surface area contributed by atoms with Gasteiger partial charge >= 0.3 is 0 Å². The maximum Gasteiger partial charge on any atom is -0.000719 e. The summed E-state index contributed by atoms with van der Waals surface area (Å²) in [7, 11) is 0. The molecule has 0 aliphatic heterocycles. The van der Waals surface area contributed by atoms with Crippen LogP contribution in [0.2, 0.25) is 0 Å². The van der Waals surface area contributed by atoms with Crippen molar-refractivity contribution in [1.29, 1.82) is 0 Å². The highest BCUT2D eigenvalue weighted by atomic mass is 14.3. The molecule has 0 heteroatoms. The molecule has 14 aromatic rings. The fourth-order valence-corrected chi connectivity index (χ4v) is 11.3. The summed E-state index contributed by atoms with van der Waals surface area (Å²) in [5, 5.41) is 23.5. The van der Waals surface area contributed by atoms with Gasteiger partial charge in [0.25, 0.3) is 0 Å². The minimum atomic E-state index is 1.23. The summed E-state index contributed by atoms with van der Waals surface area (Å²) in [4.78, 5) is 0. The zero-order valence-electron chi connectivity index (χ0n) is 33.8. The Labute approximate surface area is 358 Å².